The van der Waals surface area contributed by atoms with Crippen LogP contribution in [0, 0.1) is 0 Å². The molecule has 0 saturated carbocycles. The van der Waals surface area contributed by atoms with Gasteiger partial charge in [-0.2, -0.15) is 0 Å². The lowest BCUT2D eigenvalue weighted by atomic mass is 10.1. The number of hydrogen-bond acceptors (Lipinski definition) is 4. The van der Waals surface area contributed by atoms with E-state index in [0.717, 1.165) is 37.4 Å². The van der Waals surface area contributed by atoms with E-state index < -0.39 is 0 Å². The minimum absolute atomic E-state index is 0.0668. The fourth-order valence-corrected chi connectivity index (χ4v) is 3.44. The lowest BCUT2D eigenvalue weighted by Gasteiger charge is -2.35. The molecule has 1 aliphatic rings. The quantitative estimate of drug-likeness (QED) is 0.867. The smallest absolute Gasteiger partial charge is 0.224 e. The first kappa shape index (κ1) is 19.9. The van der Waals surface area contributed by atoms with Crippen LogP contribution in [0.1, 0.15) is 19.4 Å². The lowest BCUT2D eigenvalue weighted by molar-refractivity contribution is -0.117. The van der Waals surface area contributed by atoms with Crippen LogP contribution in [0.25, 0.3) is 0 Å². The predicted octanol–water partition coefficient (Wildman–Crippen LogP) is 2.95. The summed E-state index contributed by atoms with van der Waals surface area (Å²) in [5.74, 6) is -0.220. The van der Waals surface area contributed by atoms with Crippen LogP contribution in [0.5, 0.6) is 0 Å². The van der Waals surface area contributed by atoms with Gasteiger partial charge in [0.25, 0.3) is 0 Å². The molecule has 0 aliphatic carbocycles. The Labute approximate surface area is 166 Å². The largest absolute Gasteiger partial charge is 0.369 e. The summed E-state index contributed by atoms with van der Waals surface area (Å²) >= 11 is 0. The third kappa shape index (κ3) is 4.89. The van der Waals surface area contributed by atoms with Crippen LogP contribution >= 0.6 is 0 Å². The normalized spacial score (nSPS) is 14.6. The first-order valence-corrected chi connectivity index (χ1v) is 9.61. The molecule has 2 aromatic rings. The van der Waals surface area contributed by atoms with E-state index >= 15 is 0 Å². The molecule has 0 aromatic heterocycles. The number of nitrogens with zero attached hydrogens (tertiary/aromatic N) is 3. The average Bonchev–Trinajstić information content (AvgIpc) is 2.67. The van der Waals surface area contributed by atoms with Crippen LogP contribution in [-0.2, 0) is 16.1 Å². The number of rotatable bonds is 5. The first-order valence-electron chi connectivity index (χ1n) is 9.61. The molecule has 0 atom stereocenters. The van der Waals surface area contributed by atoms with Crippen molar-refractivity contribution < 1.29 is 9.59 Å². The van der Waals surface area contributed by atoms with Crippen molar-refractivity contribution in [1.82, 2.24) is 4.90 Å². The molecule has 0 unspecified atom stereocenters. The molecule has 0 spiro atoms. The lowest BCUT2D eigenvalue weighted by Crippen LogP contribution is -2.44. The Kier molecular flexibility index (Phi) is 6.31. The third-order valence-electron chi connectivity index (χ3n) is 5.01. The maximum absolute atomic E-state index is 12.4. The summed E-state index contributed by atoms with van der Waals surface area (Å²) in [4.78, 5) is 30.5. The monoisotopic (exact) mass is 380 g/mol. The Morgan fingerprint density at radius 2 is 1.68 bits per heavy atom. The standard InChI is InChI=1S/C22H28N4O2/c1-17(27)23-21-15-20(25-13-11-24(3)12-14-25)9-10-22(21)26(18(2)28)16-19-7-5-4-6-8-19/h4-10,15H,11-14,16H2,1-3H3,(H,23,27). The van der Waals surface area contributed by atoms with E-state index in [4.69, 9.17) is 0 Å². The van der Waals surface area contributed by atoms with Crippen LogP contribution in [0.3, 0.4) is 0 Å². The van der Waals surface area contributed by atoms with Gasteiger partial charge in [0, 0.05) is 45.7 Å². The zero-order valence-electron chi connectivity index (χ0n) is 16.8. The third-order valence-corrected chi connectivity index (χ3v) is 5.01. The molecule has 1 N–H and O–H groups in total. The molecule has 28 heavy (non-hydrogen) atoms. The molecule has 3 rings (SSSR count). The molecule has 1 aliphatic heterocycles. The minimum Gasteiger partial charge on any atom is -0.369 e. The molecule has 148 valence electrons. The van der Waals surface area contributed by atoms with Crippen molar-refractivity contribution in [2.75, 3.05) is 48.3 Å². The molecule has 6 nitrogen and oxygen atoms in total. The molecule has 2 aromatic carbocycles. The van der Waals surface area contributed by atoms with Crippen LogP contribution in [0.4, 0.5) is 17.1 Å². The maximum atomic E-state index is 12.4. The van der Waals surface area contributed by atoms with Crippen LogP contribution in [0.2, 0.25) is 0 Å². The summed E-state index contributed by atoms with van der Waals surface area (Å²) in [6.45, 7) is 7.38. The minimum atomic E-state index is -0.153. The van der Waals surface area contributed by atoms with Crippen molar-refractivity contribution in [3.05, 3.63) is 54.1 Å². The summed E-state index contributed by atoms with van der Waals surface area (Å²) in [6, 6.07) is 15.8. The number of amides is 2. The fourth-order valence-electron chi connectivity index (χ4n) is 3.44. The molecule has 6 heteroatoms. The van der Waals surface area contributed by atoms with Crippen LogP contribution in [0.15, 0.2) is 48.5 Å². The highest BCUT2D eigenvalue weighted by Gasteiger charge is 2.20. The van der Waals surface area contributed by atoms with Crippen molar-refractivity contribution in [2.24, 2.45) is 0 Å². The summed E-state index contributed by atoms with van der Waals surface area (Å²) in [5, 5.41) is 2.91. The summed E-state index contributed by atoms with van der Waals surface area (Å²) in [5.41, 5.74) is 3.47. The molecule has 0 radical (unpaired) electrons. The van der Waals surface area contributed by atoms with Gasteiger partial charge in [-0.05, 0) is 30.8 Å². The number of carbonyl (C=O) groups excluding carboxylic acids is 2. The second kappa shape index (κ2) is 8.89. The van der Waals surface area contributed by atoms with Crippen molar-refractivity contribution in [1.29, 1.82) is 0 Å². The van der Waals surface area contributed by atoms with E-state index in [1.807, 2.05) is 48.5 Å². The second-order valence-electron chi connectivity index (χ2n) is 7.26. The number of carbonyl (C=O) groups is 2. The maximum Gasteiger partial charge on any atom is 0.224 e. The van der Waals surface area contributed by atoms with Gasteiger partial charge in [0.05, 0.1) is 17.9 Å². The van der Waals surface area contributed by atoms with E-state index in [1.165, 1.54) is 6.92 Å². The Bertz CT molecular complexity index is 830. The number of piperazine rings is 1. The number of hydrogen-bond donors (Lipinski definition) is 1. The van der Waals surface area contributed by atoms with E-state index in [1.54, 1.807) is 11.8 Å². The summed E-state index contributed by atoms with van der Waals surface area (Å²) in [6.07, 6.45) is 0. The SMILES string of the molecule is CC(=O)Nc1cc(N2CCN(C)CC2)ccc1N(Cc1ccccc1)C(C)=O. The summed E-state index contributed by atoms with van der Waals surface area (Å²) < 4.78 is 0. The molecular weight excluding hydrogens is 352 g/mol. The van der Waals surface area contributed by atoms with Gasteiger partial charge in [-0.3, -0.25) is 9.59 Å². The molecule has 1 heterocycles. The highest BCUT2D eigenvalue weighted by molar-refractivity contribution is 6.00. The molecular formula is C22H28N4O2. The van der Waals surface area contributed by atoms with E-state index in [2.05, 4.69) is 22.2 Å². The van der Waals surface area contributed by atoms with Gasteiger partial charge < -0.3 is 20.0 Å². The van der Waals surface area contributed by atoms with Gasteiger partial charge in [0.2, 0.25) is 11.8 Å². The Hall–Kier alpha value is -2.86. The predicted molar refractivity (Wildman–Crippen MR) is 114 cm³/mol. The van der Waals surface area contributed by atoms with Crippen LogP contribution in [-0.4, -0.2) is 49.9 Å². The van der Waals surface area contributed by atoms with Gasteiger partial charge in [-0.1, -0.05) is 30.3 Å². The van der Waals surface area contributed by atoms with Gasteiger partial charge in [-0.25, -0.2) is 0 Å². The summed E-state index contributed by atoms with van der Waals surface area (Å²) in [7, 11) is 2.12. The number of nitrogens with one attached hydrogen (secondary N) is 1. The van der Waals surface area contributed by atoms with E-state index in [0.29, 0.717) is 17.9 Å². The highest BCUT2D eigenvalue weighted by Crippen LogP contribution is 2.32. The average molecular weight is 380 g/mol. The number of benzene rings is 2. The topological polar surface area (TPSA) is 55.9 Å². The van der Waals surface area contributed by atoms with Crippen molar-refractivity contribution in [2.45, 2.75) is 20.4 Å². The van der Waals surface area contributed by atoms with Crippen molar-refractivity contribution in [3.63, 3.8) is 0 Å². The first-order chi connectivity index (χ1) is 13.4. The highest BCUT2D eigenvalue weighted by atomic mass is 16.2. The Balaban J connectivity index is 1.93. The fraction of sp³-hybridized carbons (Fsp3) is 0.364. The molecule has 1 saturated heterocycles. The van der Waals surface area contributed by atoms with Crippen LogP contribution < -0.4 is 15.1 Å². The van der Waals surface area contributed by atoms with E-state index in [-0.39, 0.29) is 11.8 Å². The van der Waals surface area contributed by atoms with E-state index in [9.17, 15) is 9.59 Å². The second-order valence-corrected chi connectivity index (χ2v) is 7.26. The molecule has 1 fully saturated rings. The Morgan fingerprint density at radius 1 is 1.00 bits per heavy atom. The number of likely N-dealkylation sites (N-methyl/N-ethyl adjacent to an activating group) is 1. The van der Waals surface area contributed by atoms with Gasteiger partial charge in [0.1, 0.15) is 0 Å². The zero-order chi connectivity index (χ0) is 20.1. The molecule has 0 bridgehead atoms. The zero-order valence-corrected chi connectivity index (χ0v) is 16.8. The Morgan fingerprint density at radius 3 is 2.29 bits per heavy atom. The van der Waals surface area contributed by atoms with Crippen molar-refractivity contribution in [3.8, 4) is 0 Å². The van der Waals surface area contributed by atoms with Gasteiger partial charge >= 0.3 is 0 Å². The molecule has 2 amide bonds. The van der Waals surface area contributed by atoms with Crippen molar-refractivity contribution >= 4 is 28.9 Å². The number of anilines is 3. The van der Waals surface area contributed by atoms with Gasteiger partial charge in [-0.15, -0.1) is 0 Å². The van der Waals surface area contributed by atoms with Gasteiger partial charge in [0.15, 0.2) is 0 Å².